The number of hydrogen-bond acceptors (Lipinski definition) is 3. The molecule has 1 atom stereocenters. The average molecular weight is 250 g/mol. The van der Waals surface area contributed by atoms with Crippen molar-refractivity contribution in [3.8, 4) is 5.75 Å². The van der Waals surface area contributed by atoms with E-state index in [0.29, 0.717) is 19.4 Å². The van der Waals surface area contributed by atoms with E-state index < -0.39 is 5.60 Å². The summed E-state index contributed by atoms with van der Waals surface area (Å²) >= 11 is 0. The Morgan fingerprint density at radius 3 is 2.72 bits per heavy atom. The van der Waals surface area contributed by atoms with Gasteiger partial charge in [0.15, 0.2) is 0 Å². The highest BCUT2D eigenvalue weighted by Gasteiger charge is 2.24. The molecule has 3 nitrogen and oxygen atoms in total. The first-order valence-corrected chi connectivity index (χ1v) is 6.74. The lowest BCUT2D eigenvalue weighted by Crippen LogP contribution is -2.34. The van der Waals surface area contributed by atoms with E-state index in [2.05, 4.69) is 0 Å². The van der Waals surface area contributed by atoms with Gasteiger partial charge in [-0.1, -0.05) is 19.9 Å². The van der Waals surface area contributed by atoms with Gasteiger partial charge < -0.3 is 14.9 Å². The van der Waals surface area contributed by atoms with Crippen LogP contribution in [0.2, 0.25) is 0 Å². The molecule has 2 rings (SSSR count). The molecule has 1 aliphatic carbocycles. The standard InChI is InChI=1S/C15H22O3/c1-3-15(17,4-2)10-18-12-6-7-13-11(9-12)5-8-14(13)16/h6-7,9,14,16-17H,3-5,8,10H2,1-2H3/t14-/m1/s1. The van der Waals surface area contributed by atoms with Crippen LogP contribution in [0, 0.1) is 0 Å². The van der Waals surface area contributed by atoms with Crippen LogP contribution in [0.5, 0.6) is 5.75 Å². The van der Waals surface area contributed by atoms with E-state index in [1.807, 2.05) is 32.0 Å². The van der Waals surface area contributed by atoms with Crippen molar-refractivity contribution < 1.29 is 14.9 Å². The van der Waals surface area contributed by atoms with Crippen molar-refractivity contribution in [3.63, 3.8) is 0 Å². The normalized spacial score (nSPS) is 18.8. The maximum Gasteiger partial charge on any atom is 0.119 e. The number of fused-ring (bicyclic) bond motifs is 1. The minimum atomic E-state index is -0.738. The summed E-state index contributed by atoms with van der Waals surface area (Å²) in [5.74, 6) is 0.781. The van der Waals surface area contributed by atoms with Gasteiger partial charge >= 0.3 is 0 Å². The highest BCUT2D eigenvalue weighted by atomic mass is 16.5. The SMILES string of the molecule is CCC(O)(CC)COc1ccc2c(c1)CC[C@H]2O. The van der Waals surface area contributed by atoms with Crippen molar-refractivity contribution in [1.82, 2.24) is 0 Å². The molecule has 3 heteroatoms. The van der Waals surface area contributed by atoms with E-state index in [1.54, 1.807) is 0 Å². The van der Waals surface area contributed by atoms with Crippen LogP contribution in [0.3, 0.4) is 0 Å². The summed E-state index contributed by atoms with van der Waals surface area (Å²) in [6, 6.07) is 5.79. The Kier molecular flexibility index (Phi) is 3.93. The quantitative estimate of drug-likeness (QED) is 0.844. The van der Waals surface area contributed by atoms with Gasteiger partial charge in [0, 0.05) is 0 Å². The van der Waals surface area contributed by atoms with Crippen LogP contribution in [0.4, 0.5) is 0 Å². The van der Waals surface area contributed by atoms with Crippen LogP contribution in [0.1, 0.15) is 50.3 Å². The second-order valence-corrected chi connectivity index (χ2v) is 5.14. The molecule has 2 N–H and O–H groups in total. The van der Waals surface area contributed by atoms with Crippen LogP contribution >= 0.6 is 0 Å². The zero-order chi connectivity index (χ0) is 13.2. The van der Waals surface area contributed by atoms with Gasteiger partial charge in [0.1, 0.15) is 12.4 Å². The van der Waals surface area contributed by atoms with Gasteiger partial charge in [-0.25, -0.2) is 0 Å². The third kappa shape index (κ3) is 2.68. The predicted molar refractivity (Wildman–Crippen MR) is 70.7 cm³/mol. The molecule has 1 aliphatic rings. The van der Waals surface area contributed by atoms with Crippen LogP contribution < -0.4 is 4.74 Å². The summed E-state index contributed by atoms with van der Waals surface area (Å²) in [6.45, 7) is 4.25. The molecule has 0 radical (unpaired) electrons. The molecule has 100 valence electrons. The van der Waals surface area contributed by atoms with Crippen molar-refractivity contribution in [3.05, 3.63) is 29.3 Å². The molecule has 1 aromatic rings. The molecule has 0 heterocycles. The molecule has 0 bridgehead atoms. The summed E-state index contributed by atoms with van der Waals surface area (Å²) < 4.78 is 5.68. The molecule has 0 unspecified atom stereocenters. The molecule has 0 aromatic heterocycles. The molecule has 0 aliphatic heterocycles. The lowest BCUT2D eigenvalue weighted by Gasteiger charge is -2.25. The number of ether oxygens (including phenoxy) is 1. The van der Waals surface area contributed by atoms with Gasteiger partial charge in [0.25, 0.3) is 0 Å². The molecule has 0 saturated carbocycles. The third-order valence-electron chi connectivity index (χ3n) is 3.98. The fraction of sp³-hybridized carbons (Fsp3) is 0.600. The largest absolute Gasteiger partial charge is 0.491 e. The van der Waals surface area contributed by atoms with E-state index in [1.165, 1.54) is 0 Å². The molecular formula is C15H22O3. The van der Waals surface area contributed by atoms with Crippen molar-refractivity contribution >= 4 is 0 Å². The van der Waals surface area contributed by atoms with Gasteiger partial charge in [-0.3, -0.25) is 0 Å². The van der Waals surface area contributed by atoms with E-state index in [0.717, 1.165) is 29.7 Å². The van der Waals surface area contributed by atoms with Gasteiger partial charge in [0.2, 0.25) is 0 Å². The smallest absolute Gasteiger partial charge is 0.119 e. The van der Waals surface area contributed by atoms with Crippen molar-refractivity contribution in [2.75, 3.05) is 6.61 Å². The van der Waals surface area contributed by atoms with Crippen LogP contribution in [-0.2, 0) is 6.42 Å². The lowest BCUT2D eigenvalue weighted by molar-refractivity contribution is -0.0113. The number of aliphatic hydroxyl groups is 2. The van der Waals surface area contributed by atoms with Crippen LogP contribution in [0.15, 0.2) is 18.2 Å². The second-order valence-electron chi connectivity index (χ2n) is 5.14. The predicted octanol–water partition coefficient (Wildman–Crippen LogP) is 2.60. The first-order chi connectivity index (χ1) is 8.58. The Morgan fingerprint density at radius 2 is 2.06 bits per heavy atom. The first-order valence-electron chi connectivity index (χ1n) is 6.74. The minimum Gasteiger partial charge on any atom is -0.491 e. The van der Waals surface area contributed by atoms with Crippen molar-refractivity contribution in [2.24, 2.45) is 0 Å². The lowest BCUT2D eigenvalue weighted by atomic mass is 9.99. The molecule has 18 heavy (non-hydrogen) atoms. The number of hydrogen-bond donors (Lipinski definition) is 2. The van der Waals surface area contributed by atoms with Gasteiger partial charge in [-0.2, -0.15) is 0 Å². The van der Waals surface area contributed by atoms with Crippen molar-refractivity contribution in [1.29, 1.82) is 0 Å². The molecule has 0 amide bonds. The fourth-order valence-electron chi connectivity index (χ4n) is 2.33. The Morgan fingerprint density at radius 1 is 1.33 bits per heavy atom. The maximum absolute atomic E-state index is 10.2. The Hall–Kier alpha value is -1.06. The highest BCUT2D eigenvalue weighted by Crippen LogP contribution is 2.33. The molecule has 0 fully saturated rings. The monoisotopic (exact) mass is 250 g/mol. The first kappa shape index (κ1) is 13.4. The summed E-state index contributed by atoms with van der Waals surface area (Å²) in [7, 11) is 0. The fourth-order valence-corrected chi connectivity index (χ4v) is 2.33. The summed E-state index contributed by atoms with van der Waals surface area (Å²) in [5, 5.41) is 19.9. The Balaban J connectivity index is 2.03. The van der Waals surface area contributed by atoms with Gasteiger partial charge in [0.05, 0.1) is 11.7 Å². The second kappa shape index (κ2) is 5.29. The molecular weight excluding hydrogens is 228 g/mol. The van der Waals surface area contributed by atoms with Crippen LogP contribution in [0.25, 0.3) is 0 Å². The van der Waals surface area contributed by atoms with E-state index in [-0.39, 0.29) is 6.10 Å². The van der Waals surface area contributed by atoms with Crippen LogP contribution in [-0.4, -0.2) is 22.4 Å². The maximum atomic E-state index is 10.2. The van der Waals surface area contributed by atoms with E-state index in [4.69, 9.17) is 4.74 Å². The summed E-state index contributed by atoms with van der Waals surface area (Å²) in [4.78, 5) is 0. The summed E-state index contributed by atoms with van der Waals surface area (Å²) in [6.07, 6.45) is 2.75. The Labute approximate surface area is 108 Å². The van der Waals surface area contributed by atoms with E-state index in [9.17, 15) is 10.2 Å². The highest BCUT2D eigenvalue weighted by molar-refractivity contribution is 5.39. The molecule has 1 aromatic carbocycles. The zero-order valence-electron chi connectivity index (χ0n) is 11.1. The number of aryl methyl sites for hydroxylation is 1. The number of rotatable bonds is 5. The topological polar surface area (TPSA) is 49.7 Å². The number of benzene rings is 1. The number of aliphatic hydroxyl groups excluding tert-OH is 1. The zero-order valence-corrected chi connectivity index (χ0v) is 11.1. The Bertz CT molecular complexity index is 410. The van der Waals surface area contributed by atoms with E-state index >= 15 is 0 Å². The van der Waals surface area contributed by atoms with Gasteiger partial charge in [-0.15, -0.1) is 0 Å². The summed E-state index contributed by atoms with van der Waals surface area (Å²) in [5.41, 5.74) is 1.44. The third-order valence-corrected chi connectivity index (χ3v) is 3.98. The molecule has 0 spiro atoms. The van der Waals surface area contributed by atoms with Crippen molar-refractivity contribution in [2.45, 2.75) is 51.2 Å². The minimum absolute atomic E-state index is 0.321. The molecule has 0 saturated heterocycles. The van der Waals surface area contributed by atoms with Gasteiger partial charge in [-0.05, 0) is 48.9 Å². The average Bonchev–Trinajstić information content (AvgIpc) is 2.77.